The average molecular weight is 204 g/mol. The monoisotopic (exact) mass is 204 g/mol. The molecular formula is C9H18NO4+. The van der Waals surface area contributed by atoms with Gasteiger partial charge in [-0.1, -0.05) is 6.92 Å². The largest absolute Gasteiger partial charge is 0.395 e. The summed E-state index contributed by atoms with van der Waals surface area (Å²) in [4.78, 5) is 0. The Labute approximate surface area is 83.1 Å². The number of hydrogen-bond acceptors (Lipinski definition) is 4. The molecule has 3 unspecified atom stereocenters. The molecule has 0 amide bonds. The molecule has 4 atom stereocenters. The van der Waals surface area contributed by atoms with Crippen LogP contribution in [0.4, 0.5) is 0 Å². The summed E-state index contributed by atoms with van der Waals surface area (Å²) in [6.07, 6.45) is -1.94. The van der Waals surface area contributed by atoms with Crippen molar-refractivity contribution in [2.45, 2.75) is 31.7 Å². The zero-order valence-corrected chi connectivity index (χ0v) is 8.24. The molecule has 14 heavy (non-hydrogen) atoms. The highest BCUT2D eigenvalue weighted by Gasteiger charge is 2.31. The van der Waals surface area contributed by atoms with Crippen LogP contribution in [0.1, 0.15) is 13.3 Å². The van der Waals surface area contributed by atoms with Gasteiger partial charge in [-0.3, -0.25) is 0 Å². The van der Waals surface area contributed by atoms with Crippen LogP contribution < -0.4 is 4.67 Å². The predicted octanol–water partition coefficient (Wildman–Crippen LogP) is -2.07. The second-order valence-corrected chi connectivity index (χ2v) is 3.13. The molecule has 0 rings (SSSR count). The van der Waals surface area contributed by atoms with Crippen LogP contribution in [-0.4, -0.2) is 58.3 Å². The first-order valence-electron chi connectivity index (χ1n) is 4.52. The lowest BCUT2D eigenvalue weighted by Crippen LogP contribution is -2.43. The number of rotatable bonds is 6. The lowest BCUT2D eigenvalue weighted by atomic mass is 9.95. The molecule has 0 heterocycles. The summed E-state index contributed by atoms with van der Waals surface area (Å²) in [5.74, 6) is -0.705. The highest BCUT2D eigenvalue weighted by Crippen LogP contribution is 2.10. The summed E-state index contributed by atoms with van der Waals surface area (Å²) < 4.78 is 3.41. The molecule has 0 aliphatic heterocycles. The van der Waals surface area contributed by atoms with Gasteiger partial charge in [0.25, 0.3) is 12.9 Å². The van der Waals surface area contributed by atoms with Crippen LogP contribution >= 0.6 is 0 Å². The molecule has 0 radical (unpaired) electrons. The molecular weight excluding hydrogens is 186 g/mol. The Morgan fingerprint density at radius 2 is 1.86 bits per heavy atom. The van der Waals surface area contributed by atoms with Gasteiger partial charge >= 0.3 is 0 Å². The van der Waals surface area contributed by atoms with Gasteiger partial charge in [0.15, 0.2) is 0 Å². The quantitative estimate of drug-likeness (QED) is 0.295. The molecule has 0 aromatic rings. The Hall–Kier alpha value is -0.710. The van der Waals surface area contributed by atoms with E-state index in [4.69, 9.17) is 5.11 Å². The van der Waals surface area contributed by atoms with Crippen LogP contribution in [0.25, 0.3) is 0 Å². The van der Waals surface area contributed by atoms with Gasteiger partial charge in [-0.2, -0.15) is 0 Å². The SMILES string of the molecule is C=[N+]=CC(CO)[C@@H](O)C(O)C(O)CC. The van der Waals surface area contributed by atoms with Crippen LogP contribution in [0.2, 0.25) is 0 Å². The third kappa shape index (κ3) is 3.57. The summed E-state index contributed by atoms with van der Waals surface area (Å²) in [5.41, 5.74) is 0. The van der Waals surface area contributed by atoms with E-state index in [0.717, 1.165) is 0 Å². The normalized spacial score (nSPS) is 19.2. The third-order valence-corrected chi connectivity index (χ3v) is 2.11. The van der Waals surface area contributed by atoms with Gasteiger partial charge < -0.3 is 20.4 Å². The van der Waals surface area contributed by atoms with Crippen molar-refractivity contribution in [3.8, 4) is 0 Å². The number of nitrogens with zero attached hydrogens (tertiary/aromatic N) is 1. The summed E-state index contributed by atoms with van der Waals surface area (Å²) >= 11 is 0. The van der Waals surface area contributed by atoms with Gasteiger partial charge in [0.1, 0.15) is 12.0 Å². The molecule has 0 aliphatic carbocycles. The summed E-state index contributed by atoms with van der Waals surface area (Å²) in [6.45, 7) is 4.51. The second kappa shape index (κ2) is 6.70. The Bertz CT molecular complexity index is 203. The van der Waals surface area contributed by atoms with Crippen LogP contribution in [0.5, 0.6) is 0 Å². The van der Waals surface area contributed by atoms with E-state index in [-0.39, 0.29) is 6.61 Å². The van der Waals surface area contributed by atoms with Crippen molar-refractivity contribution in [2.24, 2.45) is 5.92 Å². The molecule has 0 aromatic heterocycles. The zero-order valence-electron chi connectivity index (χ0n) is 8.24. The van der Waals surface area contributed by atoms with E-state index in [0.29, 0.717) is 6.42 Å². The van der Waals surface area contributed by atoms with E-state index in [9.17, 15) is 15.3 Å². The van der Waals surface area contributed by atoms with E-state index in [2.05, 4.69) is 11.4 Å². The van der Waals surface area contributed by atoms with E-state index in [1.165, 1.54) is 6.21 Å². The molecule has 0 aromatic carbocycles. The molecule has 4 N–H and O–H groups in total. The molecule has 0 saturated carbocycles. The molecule has 0 aliphatic rings. The van der Waals surface area contributed by atoms with Crippen molar-refractivity contribution in [3.63, 3.8) is 0 Å². The molecule has 0 fully saturated rings. The maximum Gasteiger partial charge on any atom is 0.276 e. The molecule has 0 spiro atoms. The van der Waals surface area contributed by atoms with Crippen molar-refractivity contribution in [1.29, 1.82) is 0 Å². The maximum atomic E-state index is 9.52. The van der Waals surface area contributed by atoms with Crippen molar-refractivity contribution >= 4 is 12.9 Å². The van der Waals surface area contributed by atoms with Crippen LogP contribution in [0.3, 0.4) is 0 Å². The Morgan fingerprint density at radius 1 is 1.29 bits per heavy atom. The first-order chi connectivity index (χ1) is 6.58. The molecule has 5 heteroatoms. The van der Waals surface area contributed by atoms with Gasteiger partial charge in [-0.25, -0.2) is 0 Å². The standard InChI is InChI=1S/C9H18NO4/c1-3-7(12)9(14)8(13)6(5-11)4-10-2/h4,6-9,11-14H,2-3,5H2,1H3/q+1/t6?,7?,8-,9?/m1/s1. The fraction of sp³-hybridized carbons (Fsp3) is 0.778. The van der Waals surface area contributed by atoms with Gasteiger partial charge in [0, 0.05) is 0 Å². The molecule has 0 saturated heterocycles. The lowest BCUT2D eigenvalue weighted by molar-refractivity contribution is -0.0765. The molecule has 82 valence electrons. The van der Waals surface area contributed by atoms with Crippen LogP contribution in [-0.2, 0) is 0 Å². The summed E-state index contributed by atoms with van der Waals surface area (Å²) in [6, 6.07) is 0. The first kappa shape index (κ1) is 13.3. The highest BCUT2D eigenvalue weighted by molar-refractivity contribution is 5.62. The Morgan fingerprint density at radius 3 is 2.21 bits per heavy atom. The fourth-order valence-corrected chi connectivity index (χ4v) is 1.10. The lowest BCUT2D eigenvalue weighted by Gasteiger charge is -2.23. The van der Waals surface area contributed by atoms with Crippen molar-refractivity contribution in [2.75, 3.05) is 6.61 Å². The van der Waals surface area contributed by atoms with Gasteiger partial charge in [0.2, 0.25) is 0 Å². The summed E-state index contributed by atoms with van der Waals surface area (Å²) in [5, 5.41) is 37.1. The highest BCUT2D eigenvalue weighted by atomic mass is 16.4. The van der Waals surface area contributed by atoms with E-state index in [1.807, 2.05) is 0 Å². The minimum absolute atomic E-state index is 0.331. The van der Waals surface area contributed by atoms with Gasteiger partial charge in [-0.15, -0.1) is 4.67 Å². The van der Waals surface area contributed by atoms with Crippen molar-refractivity contribution < 1.29 is 20.4 Å². The van der Waals surface area contributed by atoms with Crippen molar-refractivity contribution in [1.82, 2.24) is 4.67 Å². The minimum Gasteiger partial charge on any atom is -0.395 e. The Balaban J connectivity index is 4.40. The van der Waals surface area contributed by atoms with Gasteiger partial charge in [-0.05, 0) is 6.42 Å². The first-order valence-corrected chi connectivity index (χ1v) is 4.52. The zero-order chi connectivity index (χ0) is 11.1. The third-order valence-electron chi connectivity index (χ3n) is 2.11. The van der Waals surface area contributed by atoms with Crippen LogP contribution in [0, 0.1) is 5.92 Å². The fourth-order valence-electron chi connectivity index (χ4n) is 1.10. The smallest absolute Gasteiger partial charge is 0.276 e. The Kier molecular flexibility index (Phi) is 6.36. The predicted molar refractivity (Wildman–Crippen MR) is 54.2 cm³/mol. The minimum atomic E-state index is -1.28. The second-order valence-electron chi connectivity index (χ2n) is 3.13. The number of hydrogen-bond donors (Lipinski definition) is 4. The average Bonchev–Trinajstić information content (AvgIpc) is 2.22. The van der Waals surface area contributed by atoms with E-state index >= 15 is 0 Å². The van der Waals surface area contributed by atoms with E-state index in [1.54, 1.807) is 6.92 Å². The van der Waals surface area contributed by atoms with Crippen LogP contribution in [0.15, 0.2) is 0 Å². The topological polar surface area (TPSA) is 95.0 Å². The molecule has 0 bridgehead atoms. The van der Waals surface area contributed by atoms with Crippen molar-refractivity contribution in [3.05, 3.63) is 0 Å². The number of aliphatic hydroxyl groups is 4. The van der Waals surface area contributed by atoms with Gasteiger partial charge in [0.05, 0.1) is 18.8 Å². The summed E-state index contributed by atoms with van der Waals surface area (Å²) in [7, 11) is 0. The molecule has 5 nitrogen and oxygen atoms in total. The maximum absolute atomic E-state index is 9.52. The number of aliphatic hydroxyl groups excluding tert-OH is 4. The van der Waals surface area contributed by atoms with E-state index < -0.39 is 24.2 Å².